The second-order valence-corrected chi connectivity index (χ2v) is 4.51. The maximum absolute atomic E-state index is 13.5. The van der Waals surface area contributed by atoms with Gasteiger partial charge in [-0.05, 0) is 31.0 Å². The normalized spacial score (nSPS) is 10.5. The van der Waals surface area contributed by atoms with E-state index in [1.165, 1.54) is 18.5 Å². The highest BCUT2D eigenvalue weighted by atomic mass is 19.1. The first kappa shape index (κ1) is 13.5. The van der Waals surface area contributed by atoms with Crippen LogP contribution in [0.1, 0.15) is 24.5 Å². The summed E-state index contributed by atoms with van der Waals surface area (Å²) in [7, 11) is 1.84. The number of halogens is 1. The van der Waals surface area contributed by atoms with Gasteiger partial charge in [0, 0.05) is 18.2 Å². The van der Waals surface area contributed by atoms with Gasteiger partial charge in [-0.2, -0.15) is 0 Å². The van der Waals surface area contributed by atoms with Gasteiger partial charge in [0.25, 0.3) is 0 Å². The summed E-state index contributed by atoms with van der Waals surface area (Å²) in [6.45, 7) is 4.07. The molecule has 0 aliphatic heterocycles. The van der Waals surface area contributed by atoms with Crippen molar-refractivity contribution in [2.75, 3.05) is 12.4 Å². The highest BCUT2D eigenvalue weighted by Crippen LogP contribution is 2.29. The van der Waals surface area contributed by atoms with E-state index in [9.17, 15) is 4.39 Å². The minimum absolute atomic E-state index is 0.243. The molecular formula is C15H18FN3. The van der Waals surface area contributed by atoms with Gasteiger partial charge in [0.15, 0.2) is 0 Å². The number of nitrogens with one attached hydrogen (secondary N) is 1. The predicted octanol–water partition coefficient (Wildman–Crippen LogP) is 3.59. The van der Waals surface area contributed by atoms with E-state index < -0.39 is 0 Å². The molecule has 2 aromatic rings. The Balaban J connectivity index is 2.63. The molecule has 1 aromatic heterocycles. The molecule has 0 atom stereocenters. The van der Waals surface area contributed by atoms with Crippen LogP contribution >= 0.6 is 0 Å². The Morgan fingerprint density at radius 2 is 2.05 bits per heavy atom. The van der Waals surface area contributed by atoms with Gasteiger partial charge in [-0.25, -0.2) is 14.4 Å². The first-order chi connectivity index (χ1) is 9.17. The molecule has 0 saturated heterocycles. The molecule has 4 heteroatoms. The van der Waals surface area contributed by atoms with Crippen molar-refractivity contribution in [1.29, 1.82) is 0 Å². The lowest BCUT2D eigenvalue weighted by molar-refractivity contribution is 0.628. The van der Waals surface area contributed by atoms with E-state index in [4.69, 9.17) is 0 Å². The second-order valence-electron chi connectivity index (χ2n) is 4.51. The fraction of sp³-hybridized carbons (Fsp3) is 0.333. The summed E-state index contributed by atoms with van der Waals surface area (Å²) >= 11 is 0. The number of hydrogen-bond acceptors (Lipinski definition) is 3. The second kappa shape index (κ2) is 5.78. The van der Waals surface area contributed by atoms with Crippen molar-refractivity contribution in [3.05, 3.63) is 41.5 Å². The third-order valence-electron chi connectivity index (χ3n) is 3.14. The van der Waals surface area contributed by atoms with Crippen LogP contribution < -0.4 is 5.32 Å². The van der Waals surface area contributed by atoms with E-state index in [2.05, 4.69) is 22.2 Å². The van der Waals surface area contributed by atoms with Crippen LogP contribution in [0.2, 0.25) is 0 Å². The van der Waals surface area contributed by atoms with E-state index in [0.717, 1.165) is 41.0 Å². The summed E-state index contributed by atoms with van der Waals surface area (Å²) < 4.78 is 13.5. The number of benzene rings is 1. The van der Waals surface area contributed by atoms with Crippen molar-refractivity contribution < 1.29 is 4.39 Å². The molecule has 0 aliphatic rings. The van der Waals surface area contributed by atoms with Crippen LogP contribution in [-0.4, -0.2) is 17.0 Å². The van der Waals surface area contributed by atoms with Gasteiger partial charge in [-0.3, -0.25) is 0 Å². The fourth-order valence-corrected chi connectivity index (χ4v) is 2.20. The Kier molecular flexibility index (Phi) is 4.10. The molecule has 0 amide bonds. The highest BCUT2D eigenvalue weighted by Gasteiger charge is 2.14. The molecule has 0 unspecified atom stereocenters. The number of hydrogen-bond donors (Lipinski definition) is 1. The summed E-state index contributed by atoms with van der Waals surface area (Å²) in [6.07, 6.45) is 3.37. The Bertz CT molecular complexity index is 582. The summed E-state index contributed by atoms with van der Waals surface area (Å²) in [6, 6.07) is 4.79. The first-order valence-electron chi connectivity index (χ1n) is 6.45. The van der Waals surface area contributed by atoms with Crippen LogP contribution in [0.25, 0.3) is 11.3 Å². The fourth-order valence-electron chi connectivity index (χ4n) is 2.20. The van der Waals surface area contributed by atoms with Crippen LogP contribution in [0, 0.1) is 12.7 Å². The SMILES string of the molecule is CCCc1c(NC)ncnc1-c1cc(F)ccc1C. The van der Waals surface area contributed by atoms with Crippen LogP contribution in [0.3, 0.4) is 0 Å². The van der Waals surface area contributed by atoms with E-state index in [-0.39, 0.29) is 5.82 Å². The minimum atomic E-state index is -0.243. The zero-order chi connectivity index (χ0) is 13.8. The van der Waals surface area contributed by atoms with Gasteiger partial charge in [0.05, 0.1) is 5.69 Å². The van der Waals surface area contributed by atoms with Crippen molar-refractivity contribution in [1.82, 2.24) is 9.97 Å². The van der Waals surface area contributed by atoms with E-state index in [1.54, 1.807) is 6.07 Å². The van der Waals surface area contributed by atoms with Gasteiger partial charge in [-0.1, -0.05) is 19.4 Å². The molecule has 1 heterocycles. The van der Waals surface area contributed by atoms with E-state index in [0.29, 0.717) is 0 Å². The number of aromatic nitrogens is 2. The predicted molar refractivity (Wildman–Crippen MR) is 75.7 cm³/mol. The lowest BCUT2D eigenvalue weighted by atomic mass is 9.99. The molecule has 0 spiro atoms. The van der Waals surface area contributed by atoms with Crippen molar-refractivity contribution >= 4 is 5.82 Å². The van der Waals surface area contributed by atoms with Crippen molar-refractivity contribution in [3.8, 4) is 11.3 Å². The van der Waals surface area contributed by atoms with E-state index >= 15 is 0 Å². The molecule has 0 aliphatic carbocycles. The smallest absolute Gasteiger partial charge is 0.132 e. The first-order valence-corrected chi connectivity index (χ1v) is 6.45. The molecule has 1 aromatic carbocycles. The van der Waals surface area contributed by atoms with Crippen LogP contribution in [0.4, 0.5) is 10.2 Å². The molecule has 1 N–H and O–H groups in total. The van der Waals surface area contributed by atoms with Crippen molar-refractivity contribution in [3.63, 3.8) is 0 Å². The number of nitrogens with zero attached hydrogens (tertiary/aromatic N) is 2. The summed E-state index contributed by atoms with van der Waals surface area (Å²) in [5, 5.41) is 3.08. The van der Waals surface area contributed by atoms with Crippen LogP contribution in [0.5, 0.6) is 0 Å². The summed E-state index contributed by atoms with van der Waals surface area (Å²) in [5.41, 5.74) is 3.71. The lowest BCUT2D eigenvalue weighted by Gasteiger charge is -2.13. The average Bonchev–Trinajstić information content (AvgIpc) is 2.42. The van der Waals surface area contributed by atoms with Crippen molar-refractivity contribution in [2.45, 2.75) is 26.7 Å². The van der Waals surface area contributed by atoms with Crippen molar-refractivity contribution in [2.24, 2.45) is 0 Å². The Hall–Kier alpha value is -1.97. The average molecular weight is 259 g/mol. The molecule has 0 bridgehead atoms. The standard InChI is InChI=1S/C15H18FN3/c1-4-5-12-14(18-9-19-15(12)17-3)13-8-11(16)7-6-10(13)2/h6-9H,4-5H2,1-3H3,(H,17,18,19). The van der Waals surface area contributed by atoms with Gasteiger partial charge in [0.1, 0.15) is 18.0 Å². The maximum atomic E-state index is 13.5. The molecule has 19 heavy (non-hydrogen) atoms. The Labute approximate surface area is 112 Å². The summed E-state index contributed by atoms with van der Waals surface area (Å²) in [4.78, 5) is 8.60. The minimum Gasteiger partial charge on any atom is -0.373 e. The molecule has 2 rings (SSSR count). The topological polar surface area (TPSA) is 37.8 Å². The third kappa shape index (κ3) is 2.72. The maximum Gasteiger partial charge on any atom is 0.132 e. The van der Waals surface area contributed by atoms with E-state index in [1.807, 2.05) is 14.0 Å². The van der Waals surface area contributed by atoms with Crippen LogP contribution in [-0.2, 0) is 6.42 Å². The monoisotopic (exact) mass is 259 g/mol. The molecular weight excluding hydrogens is 241 g/mol. The number of aryl methyl sites for hydroxylation is 1. The zero-order valence-corrected chi connectivity index (χ0v) is 11.5. The Morgan fingerprint density at radius 1 is 1.26 bits per heavy atom. The Morgan fingerprint density at radius 3 is 2.74 bits per heavy atom. The number of anilines is 1. The number of rotatable bonds is 4. The molecule has 0 radical (unpaired) electrons. The molecule has 3 nitrogen and oxygen atoms in total. The molecule has 0 saturated carbocycles. The van der Waals surface area contributed by atoms with Gasteiger partial charge < -0.3 is 5.32 Å². The largest absolute Gasteiger partial charge is 0.373 e. The van der Waals surface area contributed by atoms with Crippen LogP contribution in [0.15, 0.2) is 24.5 Å². The lowest BCUT2D eigenvalue weighted by Crippen LogP contribution is -2.03. The highest BCUT2D eigenvalue weighted by molar-refractivity contribution is 5.70. The summed E-state index contributed by atoms with van der Waals surface area (Å²) in [5.74, 6) is 0.572. The third-order valence-corrected chi connectivity index (χ3v) is 3.14. The quantitative estimate of drug-likeness (QED) is 0.911. The van der Waals surface area contributed by atoms with Gasteiger partial charge >= 0.3 is 0 Å². The molecule has 0 fully saturated rings. The van der Waals surface area contributed by atoms with Gasteiger partial charge in [0.2, 0.25) is 0 Å². The molecule has 100 valence electrons. The zero-order valence-electron chi connectivity index (χ0n) is 11.5. The van der Waals surface area contributed by atoms with Gasteiger partial charge in [-0.15, -0.1) is 0 Å².